The van der Waals surface area contributed by atoms with Crippen LogP contribution in [-0.4, -0.2) is 30.0 Å². The van der Waals surface area contributed by atoms with Crippen LogP contribution in [-0.2, 0) is 9.47 Å². The number of pyridine rings is 1. The summed E-state index contributed by atoms with van der Waals surface area (Å²) in [4.78, 5) is 38.9. The van der Waals surface area contributed by atoms with Gasteiger partial charge in [0.1, 0.15) is 0 Å². The van der Waals surface area contributed by atoms with Gasteiger partial charge in [0.2, 0.25) is 0 Å². The molecular formula is C16H13NO5. The third-order valence-corrected chi connectivity index (χ3v) is 2.87. The Morgan fingerprint density at radius 2 is 1.32 bits per heavy atom. The summed E-state index contributed by atoms with van der Waals surface area (Å²) in [5, 5.41) is 0. The molecule has 0 bridgehead atoms. The zero-order valence-corrected chi connectivity index (χ0v) is 12.0. The van der Waals surface area contributed by atoms with Crippen LogP contribution in [0.15, 0.2) is 42.6 Å². The molecule has 6 heteroatoms. The molecule has 0 N–H and O–H groups in total. The standard InChI is InChI=1S/C16H13NO5/c1-10-3-4-13(9-17-10)16(20)22-15(19)12-7-5-11(6-8-12)14(18)21-2/h3-9H,1-2H3. The molecule has 0 saturated carbocycles. The monoisotopic (exact) mass is 299 g/mol. The zero-order valence-electron chi connectivity index (χ0n) is 12.0. The number of carbonyl (C=O) groups excluding carboxylic acids is 3. The highest BCUT2D eigenvalue weighted by atomic mass is 16.6. The van der Waals surface area contributed by atoms with E-state index in [9.17, 15) is 14.4 Å². The van der Waals surface area contributed by atoms with Crippen molar-refractivity contribution in [2.75, 3.05) is 7.11 Å². The number of aromatic nitrogens is 1. The normalized spacial score (nSPS) is 9.91. The molecule has 2 aromatic rings. The summed E-state index contributed by atoms with van der Waals surface area (Å²) in [5.41, 5.74) is 1.39. The lowest BCUT2D eigenvalue weighted by atomic mass is 10.1. The van der Waals surface area contributed by atoms with Crippen LogP contribution in [0.4, 0.5) is 0 Å². The molecule has 0 aliphatic carbocycles. The van der Waals surface area contributed by atoms with Gasteiger partial charge in [-0.15, -0.1) is 0 Å². The SMILES string of the molecule is COC(=O)c1ccc(C(=O)OC(=O)c2ccc(C)nc2)cc1. The van der Waals surface area contributed by atoms with E-state index >= 15 is 0 Å². The molecule has 22 heavy (non-hydrogen) atoms. The average Bonchev–Trinajstić information content (AvgIpc) is 2.54. The van der Waals surface area contributed by atoms with Gasteiger partial charge in [-0.3, -0.25) is 4.98 Å². The Hall–Kier alpha value is -3.02. The maximum absolute atomic E-state index is 11.9. The fraction of sp³-hybridized carbons (Fsp3) is 0.125. The Balaban J connectivity index is 2.07. The summed E-state index contributed by atoms with van der Waals surface area (Å²) in [6, 6.07) is 8.77. The van der Waals surface area contributed by atoms with Crippen LogP contribution in [0.5, 0.6) is 0 Å². The molecule has 1 aromatic carbocycles. The second-order valence-corrected chi connectivity index (χ2v) is 4.43. The van der Waals surface area contributed by atoms with E-state index in [1.54, 1.807) is 13.0 Å². The minimum atomic E-state index is -0.804. The average molecular weight is 299 g/mol. The molecule has 1 heterocycles. The molecule has 0 atom stereocenters. The van der Waals surface area contributed by atoms with Crippen LogP contribution in [0.1, 0.15) is 36.8 Å². The van der Waals surface area contributed by atoms with E-state index in [1.165, 1.54) is 43.6 Å². The third kappa shape index (κ3) is 3.54. The first-order chi connectivity index (χ1) is 10.5. The molecule has 0 aliphatic heterocycles. The molecule has 112 valence electrons. The van der Waals surface area contributed by atoms with Crippen LogP contribution >= 0.6 is 0 Å². The highest BCUT2D eigenvalue weighted by Gasteiger charge is 2.16. The number of nitrogens with zero attached hydrogens (tertiary/aromatic N) is 1. The molecule has 2 rings (SSSR count). The second kappa shape index (κ2) is 6.62. The van der Waals surface area contributed by atoms with Crippen molar-refractivity contribution in [2.45, 2.75) is 6.92 Å². The van der Waals surface area contributed by atoms with Crippen LogP contribution < -0.4 is 0 Å². The van der Waals surface area contributed by atoms with E-state index in [0.29, 0.717) is 5.56 Å². The molecule has 0 saturated heterocycles. The van der Waals surface area contributed by atoms with Crippen molar-refractivity contribution in [3.05, 3.63) is 65.0 Å². The van der Waals surface area contributed by atoms with Gasteiger partial charge >= 0.3 is 17.9 Å². The van der Waals surface area contributed by atoms with Gasteiger partial charge in [0.15, 0.2) is 0 Å². The number of aryl methyl sites for hydroxylation is 1. The Morgan fingerprint density at radius 3 is 1.82 bits per heavy atom. The summed E-state index contributed by atoms with van der Waals surface area (Å²) in [6.45, 7) is 1.78. The lowest BCUT2D eigenvalue weighted by Gasteiger charge is -2.04. The number of hydrogen-bond acceptors (Lipinski definition) is 6. The van der Waals surface area contributed by atoms with Crippen molar-refractivity contribution >= 4 is 17.9 Å². The van der Waals surface area contributed by atoms with Crippen molar-refractivity contribution < 1.29 is 23.9 Å². The van der Waals surface area contributed by atoms with Crippen LogP contribution in [0.2, 0.25) is 0 Å². The van der Waals surface area contributed by atoms with Gasteiger partial charge in [0, 0.05) is 11.9 Å². The topological polar surface area (TPSA) is 82.6 Å². The number of methoxy groups -OCH3 is 1. The lowest BCUT2D eigenvalue weighted by molar-refractivity contribution is 0.0396. The maximum Gasteiger partial charge on any atom is 0.347 e. The molecule has 6 nitrogen and oxygen atoms in total. The summed E-state index contributed by atoms with van der Waals surface area (Å²) >= 11 is 0. The lowest BCUT2D eigenvalue weighted by Crippen LogP contribution is -2.13. The van der Waals surface area contributed by atoms with Gasteiger partial charge in [0.25, 0.3) is 0 Å². The number of ether oxygens (including phenoxy) is 2. The molecule has 0 spiro atoms. The summed E-state index contributed by atoms with van der Waals surface area (Å²) < 4.78 is 9.31. The van der Waals surface area contributed by atoms with Crippen LogP contribution in [0, 0.1) is 6.92 Å². The van der Waals surface area contributed by atoms with E-state index in [0.717, 1.165) is 5.69 Å². The van der Waals surface area contributed by atoms with Gasteiger partial charge in [-0.25, -0.2) is 14.4 Å². The number of benzene rings is 1. The van der Waals surface area contributed by atoms with Crippen molar-refractivity contribution in [1.82, 2.24) is 4.98 Å². The summed E-state index contributed by atoms with van der Waals surface area (Å²) in [6.07, 6.45) is 1.34. The first-order valence-corrected chi connectivity index (χ1v) is 6.39. The first-order valence-electron chi connectivity index (χ1n) is 6.39. The Bertz CT molecular complexity index is 704. The van der Waals surface area contributed by atoms with E-state index in [2.05, 4.69) is 9.72 Å². The molecule has 0 fully saturated rings. The van der Waals surface area contributed by atoms with Gasteiger partial charge in [-0.2, -0.15) is 0 Å². The fourth-order valence-corrected chi connectivity index (χ4v) is 1.65. The second-order valence-electron chi connectivity index (χ2n) is 4.43. The van der Waals surface area contributed by atoms with Crippen molar-refractivity contribution in [2.24, 2.45) is 0 Å². The summed E-state index contributed by atoms with van der Waals surface area (Å²) in [7, 11) is 1.26. The fourth-order valence-electron chi connectivity index (χ4n) is 1.65. The smallest absolute Gasteiger partial charge is 0.347 e. The van der Waals surface area contributed by atoms with Crippen LogP contribution in [0.3, 0.4) is 0 Å². The predicted octanol–water partition coefficient (Wildman–Crippen LogP) is 2.17. The van der Waals surface area contributed by atoms with Gasteiger partial charge in [0.05, 0.1) is 23.8 Å². The number of esters is 3. The molecule has 0 amide bonds. The van der Waals surface area contributed by atoms with Gasteiger partial charge in [-0.05, 0) is 43.3 Å². The molecule has 0 aliphatic rings. The van der Waals surface area contributed by atoms with E-state index in [-0.39, 0.29) is 11.1 Å². The number of carbonyl (C=O) groups is 3. The highest BCUT2D eigenvalue weighted by Crippen LogP contribution is 2.09. The van der Waals surface area contributed by atoms with Crippen molar-refractivity contribution in [3.63, 3.8) is 0 Å². The third-order valence-electron chi connectivity index (χ3n) is 2.87. The van der Waals surface area contributed by atoms with Gasteiger partial charge < -0.3 is 9.47 Å². The maximum atomic E-state index is 11.9. The van der Waals surface area contributed by atoms with E-state index in [1.807, 2.05) is 0 Å². The predicted molar refractivity (Wildman–Crippen MR) is 76.5 cm³/mol. The van der Waals surface area contributed by atoms with Gasteiger partial charge in [-0.1, -0.05) is 0 Å². The largest absolute Gasteiger partial charge is 0.465 e. The molecule has 0 radical (unpaired) electrons. The quantitative estimate of drug-likeness (QED) is 0.638. The Morgan fingerprint density at radius 1 is 0.818 bits per heavy atom. The number of hydrogen-bond donors (Lipinski definition) is 0. The van der Waals surface area contributed by atoms with E-state index < -0.39 is 17.9 Å². The molecule has 1 aromatic heterocycles. The van der Waals surface area contributed by atoms with E-state index in [4.69, 9.17) is 4.74 Å². The summed E-state index contributed by atoms with van der Waals surface area (Å²) in [5.74, 6) is -2.10. The van der Waals surface area contributed by atoms with Crippen molar-refractivity contribution in [3.8, 4) is 0 Å². The van der Waals surface area contributed by atoms with Crippen molar-refractivity contribution in [1.29, 1.82) is 0 Å². The first kappa shape index (κ1) is 15.4. The molecular weight excluding hydrogens is 286 g/mol. The minimum Gasteiger partial charge on any atom is -0.465 e. The van der Waals surface area contributed by atoms with Crippen LogP contribution in [0.25, 0.3) is 0 Å². The zero-order chi connectivity index (χ0) is 16.1. The Labute approximate surface area is 126 Å². The Kier molecular flexibility index (Phi) is 4.63. The number of rotatable bonds is 3. The molecule has 0 unspecified atom stereocenters. The highest BCUT2D eigenvalue weighted by molar-refractivity contribution is 6.02. The minimum absolute atomic E-state index is 0.154.